The maximum atomic E-state index is 9.69. The van der Waals surface area contributed by atoms with Gasteiger partial charge in [-0.1, -0.05) is 36.8 Å². The van der Waals surface area contributed by atoms with Crippen LogP contribution in [0.3, 0.4) is 0 Å². The topological polar surface area (TPSA) is 32.7 Å². The van der Waals surface area contributed by atoms with E-state index in [9.17, 15) is 5.11 Å². The molecule has 1 saturated heterocycles. The van der Waals surface area contributed by atoms with Gasteiger partial charge in [-0.05, 0) is 49.2 Å². The van der Waals surface area contributed by atoms with E-state index in [-0.39, 0.29) is 6.61 Å². The van der Waals surface area contributed by atoms with Crippen LogP contribution >= 0.6 is 0 Å². The van der Waals surface area contributed by atoms with Gasteiger partial charge < -0.3 is 14.7 Å². The van der Waals surface area contributed by atoms with E-state index in [0.29, 0.717) is 6.61 Å². The SMILES string of the molecule is OCc1c(OCCCN2CCCCC2)ccc2ccccc12. The number of piperidine rings is 1. The molecular formula is C19H25NO2. The fraction of sp³-hybridized carbons (Fsp3) is 0.474. The molecule has 0 bridgehead atoms. The zero-order chi connectivity index (χ0) is 15.2. The summed E-state index contributed by atoms with van der Waals surface area (Å²) in [5.74, 6) is 0.819. The van der Waals surface area contributed by atoms with E-state index in [1.807, 2.05) is 24.3 Å². The Labute approximate surface area is 132 Å². The van der Waals surface area contributed by atoms with Crippen LogP contribution in [0.4, 0.5) is 0 Å². The van der Waals surface area contributed by atoms with Crippen molar-refractivity contribution < 1.29 is 9.84 Å². The molecule has 22 heavy (non-hydrogen) atoms. The van der Waals surface area contributed by atoms with Crippen LogP contribution in [0, 0.1) is 0 Å². The highest BCUT2D eigenvalue weighted by Gasteiger charge is 2.10. The molecule has 1 aliphatic rings. The molecular weight excluding hydrogens is 274 g/mol. The molecule has 0 aliphatic carbocycles. The number of nitrogens with zero attached hydrogens (tertiary/aromatic N) is 1. The third-order valence-corrected chi connectivity index (χ3v) is 4.48. The zero-order valence-corrected chi connectivity index (χ0v) is 13.1. The van der Waals surface area contributed by atoms with Crippen molar-refractivity contribution in [1.29, 1.82) is 0 Å². The van der Waals surface area contributed by atoms with Crippen LogP contribution in [0.2, 0.25) is 0 Å². The monoisotopic (exact) mass is 299 g/mol. The van der Waals surface area contributed by atoms with Crippen LogP contribution in [0.15, 0.2) is 36.4 Å². The Morgan fingerprint density at radius 2 is 1.82 bits per heavy atom. The largest absolute Gasteiger partial charge is 0.493 e. The van der Waals surface area contributed by atoms with E-state index in [0.717, 1.165) is 35.1 Å². The van der Waals surface area contributed by atoms with Gasteiger partial charge in [-0.3, -0.25) is 0 Å². The number of aliphatic hydroxyl groups excluding tert-OH is 1. The summed E-state index contributed by atoms with van der Waals surface area (Å²) in [7, 11) is 0. The second-order valence-corrected chi connectivity index (χ2v) is 6.03. The molecule has 118 valence electrons. The van der Waals surface area contributed by atoms with E-state index in [1.165, 1.54) is 32.4 Å². The molecule has 1 fully saturated rings. The molecule has 3 heteroatoms. The molecule has 1 heterocycles. The minimum atomic E-state index is 0.0167. The number of hydrogen-bond acceptors (Lipinski definition) is 3. The zero-order valence-electron chi connectivity index (χ0n) is 13.1. The van der Waals surface area contributed by atoms with Crippen LogP contribution in [-0.4, -0.2) is 36.2 Å². The fourth-order valence-electron chi connectivity index (χ4n) is 3.27. The van der Waals surface area contributed by atoms with Crippen LogP contribution < -0.4 is 4.74 Å². The summed E-state index contributed by atoms with van der Waals surface area (Å²) < 4.78 is 5.94. The summed E-state index contributed by atoms with van der Waals surface area (Å²) in [5.41, 5.74) is 0.899. The molecule has 0 spiro atoms. The molecule has 0 aromatic heterocycles. The van der Waals surface area contributed by atoms with E-state index >= 15 is 0 Å². The van der Waals surface area contributed by atoms with Gasteiger partial charge in [0.2, 0.25) is 0 Å². The third-order valence-electron chi connectivity index (χ3n) is 4.48. The van der Waals surface area contributed by atoms with Gasteiger partial charge in [0.25, 0.3) is 0 Å². The minimum Gasteiger partial charge on any atom is -0.493 e. The summed E-state index contributed by atoms with van der Waals surface area (Å²) in [6, 6.07) is 12.2. The van der Waals surface area contributed by atoms with Crippen LogP contribution in [0.1, 0.15) is 31.2 Å². The van der Waals surface area contributed by atoms with Crippen molar-refractivity contribution in [2.24, 2.45) is 0 Å². The molecule has 0 radical (unpaired) electrons. The number of benzene rings is 2. The summed E-state index contributed by atoms with van der Waals surface area (Å²) in [4.78, 5) is 2.53. The Morgan fingerprint density at radius 1 is 1.00 bits per heavy atom. The number of ether oxygens (including phenoxy) is 1. The van der Waals surface area contributed by atoms with Gasteiger partial charge in [0.15, 0.2) is 0 Å². The van der Waals surface area contributed by atoms with Crippen LogP contribution in [-0.2, 0) is 6.61 Å². The van der Waals surface area contributed by atoms with E-state index in [1.54, 1.807) is 0 Å². The average Bonchev–Trinajstić information content (AvgIpc) is 2.59. The van der Waals surface area contributed by atoms with Crippen molar-refractivity contribution in [3.05, 3.63) is 42.0 Å². The van der Waals surface area contributed by atoms with Crippen molar-refractivity contribution >= 4 is 10.8 Å². The molecule has 2 aromatic rings. The molecule has 1 aliphatic heterocycles. The Balaban J connectivity index is 1.59. The van der Waals surface area contributed by atoms with Gasteiger partial charge in [0.05, 0.1) is 13.2 Å². The second kappa shape index (κ2) is 7.61. The van der Waals surface area contributed by atoms with Crippen molar-refractivity contribution in [3.8, 4) is 5.75 Å². The summed E-state index contributed by atoms with van der Waals surface area (Å²) in [6.45, 7) is 4.31. The predicted molar refractivity (Wildman–Crippen MR) is 90.3 cm³/mol. The van der Waals surface area contributed by atoms with E-state index in [2.05, 4.69) is 17.0 Å². The lowest BCUT2D eigenvalue weighted by Crippen LogP contribution is -2.31. The number of rotatable bonds is 6. The van der Waals surface area contributed by atoms with Gasteiger partial charge in [-0.25, -0.2) is 0 Å². The summed E-state index contributed by atoms with van der Waals surface area (Å²) in [6.07, 6.45) is 5.09. The van der Waals surface area contributed by atoms with Crippen molar-refractivity contribution in [3.63, 3.8) is 0 Å². The molecule has 3 rings (SSSR count). The Hall–Kier alpha value is -1.58. The highest BCUT2D eigenvalue weighted by molar-refractivity contribution is 5.87. The highest BCUT2D eigenvalue weighted by atomic mass is 16.5. The van der Waals surface area contributed by atoms with Gasteiger partial charge in [-0.15, -0.1) is 0 Å². The molecule has 0 atom stereocenters. The molecule has 1 N–H and O–H groups in total. The minimum absolute atomic E-state index is 0.0167. The van der Waals surface area contributed by atoms with Crippen molar-refractivity contribution in [2.45, 2.75) is 32.3 Å². The predicted octanol–water partition coefficient (Wildman–Crippen LogP) is 3.59. The molecule has 2 aromatic carbocycles. The van der Waals surface area contributed by atoms with Gasteiger partial charge in [0, 0.05) is 12.1 Å². The van der Waals surface area contributed by atoms with Crippen molar-refractivity contribution in [1.82, 2.24) is 4.90 Å². The number of fused-ring (bicyclic) bond motifs is 1. The first-order valence-electron chi connectivity index (χ1n) is 8.35. The molecule has 0 unspecified atom stereocenters. The maximum absolute atomic E-state index is 9.69. The number of likely N-dealkylation sites (tertiary alicyclic amines) is 1. The number of aliphatic hydroxyl groups is 1. The molecule has 0 amide bonds. The normalized spacial score (nSPS) is 16.0. The first kappa shape index (κ1) is 15.3. The van der Waals surface area contributed by atoms with Gasteiger partial charge >= 0.3 is 0 Å². The van der Waals surface area contributed by atoms with Gasteiger partial charge in [0.1, 0.15) is 5.75 Å². The van der Waals surface area contributed by atoms with Crippen LogP contribution in [0.5, 0.6) is 5.75 Å². The van der Waals surface area contributed by atoms with Crippen LogP contribution in [0.25, 0.3) is 10.8 Å². The highest BCUT2D eigenvalue weighted by Crippen LogP contribution is 2.28. The second-order valence-electron chi connectivity index (χ2n) is 6.03. The first-order valence-corrected chi connectivity index (χ1v) is 8.35. The third kappa shape index (κ3) is 3.60. The molecule has 3 nitrogen and oxygen atoms in total. The Kier molecular flexibility index (Phi) is 5.30. The van der Waals surface area contributed by atoms with E-state index in [4.69, 9.17) is 4.74 Å². The Bertz CT molecular complexity index is 605. The fourth-order valence-corrected chi connectivity index (χ4v) is 3.27. The number of hydrogen-bond donors (Lipinski definition) is 1. The average molecular weight is 299 g/mol. The lowest BCUT2D eigenvalue weighted by Gasteiger charge is -2.26. The standard InChI is InChI=1S/C19H25NO2/c21-15-18-17-8-3-2-7-16(17)9-10-19(18)22-14-6-13-20-11-4-1-5-12-20/h2-3,7-10,21H,1,4-6,11-15H2. The summed E-state index contributed by atoms with van der Waals surface area (Å²) in [5, 5.41) is 11.9. The summed E-state index contributed by atoms with van der Waals surface area (Å²) >= 11 is 0. The Morgan fingerprint density at radius 3 is 2.64 bits per heavy atom. The van der Waals surface area contributed by atoms with Crippen molar-refractivity contribution in [2.75, 3.05) is 26.2 Å². The van der Waals surface area contributed by atoms with E-state index < -0.39 is 0 Å². The first-order chi connectivity index (χ1) is 10.9. The smallest absolute Gasteiger partial charge is 0.125 e. The maximum Gasteiger partial charge on any atom is 0.125 e. The molecule has 0 saturated carbocycles. The lowest BCUT2D eigenvalue weighted by atomic mass is 10.0. The lowest BCUT2D eigenvalue weighted by molar-refractivity contribution is 0.202. The quantitative estimate of drug-likeness (QED) is 0.827. The van der Waals surface area contributed by atoms with Gasteiger partial charge in [-0.2, -0.15) is 0 Å².